The monoisotopic (exact) mass is 431 g/mol. The van der Waals surface area contributed by atoms with Crippen LogP contribution < -0.4 is 48.0 Å². The Balaban J connectivity index is 0. The van der Waals surface area contributed by atoms with Gasteiger partial charge >= 0.3 is 21.7 Å². The van der Waals surface area contributed by atoms with E-state index < -0.39 is 0 Å². The molecule has 1 unspecified atom stereocenters. The second kappa shape index (κ2) is 7.43. The molecular weight excluding hydrogens is 422 g/mol. The van der Waals surface area contributed by atoms with E-state index >= 15 is 0 Å². The first-order chi connectivity index (χ1) is 4.88. The average Bonchev–Trinajstić information content (AvgIpc) is 2.34. The minimum Gasteiger partial charge on any atom is -1.00 e. The number of hydrogen-bond donors (Lipinski definition) is 0. The Morgan fingerprint density at radius 2 is 1.77 bits per heavy atom. The molecule has 0 N–H and O–H groups in total. The van der Waals surface area contributed by atoms with Crippen LogP contribution in [0.25, 0.3) is 6.08 Å². The molecule has 0 spiro atoms. The van der Waals surface area contributed by atoms with E-state index in [1.807, 2.05) is 0 Å². The zero-order valence-corrected chi connectivity index (χ0v) is 13.1. The van der Waals surface area contributed by atoms with Gasteiger partial charge in [-0.2, -0.15) is 5.56 Å². The molecule has 0 nitrogen and oxygen atoms in total. The van der Waals surface area contributed by atoms with Crippen molar-refractivity contribution in [1.29, 1.82) is 0 Å². The fraction of sp³-hybridized carbons (Fsp3) is 0.200. The standard InChI is InChI=1S/C10H9.2HI.Ti/c1-8-6-7-9-4-2-3-5-10(8)9;;;/h2-5,7-8H,1H3;2*1H;/q-1;;;+3/p-2. The maximum absolute atomic E-state index is 3.26. The molecule has 0 aromatic heterocycles. The van der Waals surface area contributed by atoms with Crippen LogP contribution in [-0.2, 0) is 21.7 Å². The van der Waals surface area contributed by atoms with Gasteiger partial charge in [0.1, 0.15) is 0 Å². The predicted molar refractivity (Wildman–Crippen MR) is 42.6 cm³/mol. The van der Waals surface area contributed by atoms with Gasteiger partial charge in [0.15, 0.2) is 0 Å². The molecule has 3 heteroatoms. The Morgan fingerprint density at radius 3 is 2.38 bits per heavy atom. The third kappa shape index (κ3) is 3.65. The summed E-state index contributed by atoms with van der Waals surface area (Å²) in [5.41, 5.74) is 2.73. The first kappa shape index (κ1) is 16.6. The van der Waals surface area contributed by atoms with Gasteiger partial charge in [0.25, 0.3) is 0 Å². The molecule has 1 radical (unpaired) electrons. The molecule has 1 aromatic rings. The average molecular weight is 431 g/mol. The molecule has 13 heavy (non-hydrogen) atoms. The molecule has 1 atom stereocenters. The molecule has 0 saturated heterocycles. The van der Waals surface area contributed by atoms with Crippen LogP contribution in [0.4, 0.5) is 0 Å². The third-order valence-corrected chi connectivity index (χ3v) is 1.95. The molecule has 1 aliphatic carbocycles. The van der Waals surface area contributed by atoms with Gasteiger partial charge in [-0.1, -0.05) is 31.0 Å². The van der Waals surface area contributed by atoms with E-state index in [0.717, 1.165) is 0 Å². The summed E-state index contributed by atoms with van der Waals surface area (Å²) in [6, 6.07) is 8.44. The summed E-state index contributed by atoms with van der Waals surface area (Å²) < 4.78 is 0. The van der Waals surface area contributed by atoms with Crippen LogP contribution >= 0.6 is 0 Å². The smallest absolute Gasteiger partial charge is 1.00 e. The van der Waals surface area contributed by atoms with Gasteiger partial charge in [-0.15, -0.1) is 11.6 Å². The van der Waals surface area contributed by atoms with Crippen molar-refractivity contribution in [2.75, 3.05) is 0 Å². The van der Waals surface area contributed by atoms with Crippen molar-refractivity contribution in [1.82, 2.24) is 0 Å². The van der Waals surface area contributed by atoms with Gasteiger partial charge in [-0.05, 0) is 0 Å². The fourth-order valence-corrected chi connectivity index (χ4v) is 1.34. The van der Waals surface area contributed by atoms with Gasteiger partial charge in [0.2, 0.25) is 0 Å². The Labute approximate surface area is 128 Å². The van der Waals surface area contributed by atoms with E-state index in [1.165, 1.54) is 11.1 Å². The van der Waals surface area contributed by atoms with Crippen molar-refractivity contribution in [3.8, 4) is 0 Å². The number of hydrogen-bond acceptors (Lipinski definition) is 0. The van der Waals surface area contributed by atoms with Crippen LogP contribution in [0.15, 0.2) is 24.3 Å². The topological polar surface area (TPSA) is 0 Å². The maximum Gasteiger partial charge on any atom is 3.00 e. The van der Waals surface area contributed by atoms with E-state index in [4.69, 9.17) is 0 Å². The largest absolute Gasteiger partial charge is 3.00 e. The summed E-state index contributed by atoms with van der Waals surface area (Å²) in [5, 5.41) is 0. The number of halogens is 2. The van der Waals surface area contributed by atoms with E-state index in [2.05, 4.69) is 43.3 Å². The van der Waals surface area contributed by atoms with Gasteiger partial charge < -0.3 is 48.0 Å². The van der Waals surface area contributed by atoms with Crippen molar-refractivity contribution in [3.63, 3.8) is 0 Å². The Kier molecular flexibility index (Phi) is 9.46. The molecule has 1 aliphatic rings. The molecule has 0 amide bonds. The zero-order chi connectivity index (χ0) is 6.97. The Bertz CT molecular complexity index is 284. The summed E-state index contributed by atoms with van der Waals surface area (Å²) in [6.45, 7) is 2.17. The molecule has 67 valence electrons. The van der Waals surface area contributed by atoms with E-state index in [1.54, 1.807) is 0 Å². The Morgan fingerprint density at radius 1 is 1.15 bits per heavy atom. The molecular formula is C10H9I2Ti. The summed E-state index contributed by atoms with van der Waals surface area (Å²) >= 11 is 0. The van der Waals surface area contributed by atoms with Crippen molar-refractivity contribution in [2.45, 2.75) is 12.8 Å². The number of fused-ring (bicyclic) bond motifs is 1. The molecule has 0 saturated carbocycles. The molecule has 0 aliphatic heterocycles. The molecule has 0 bridgehead atoms. The number of benzene rings is 1. The second-order valence-corrected chi connectivity index (χ2v) is 2.66. The van der Waals surface area contributed by atoms with Crippen LogP contribution in [0, 0.1) is 6.08 Å². The van der Waals surface area contributed by atoms with Crippen LogP contribution in [0.2, 0.25) is 0 Å². The normalized spacial score (nSPS) is 16.2. The van der Waals surface area contributed by atoms with Crippen molar-refractivity contribution in [3.05, 3.63) is 41.5 Å². The minimum atomic E-state index is 0. The van der Waals surface area contributed by atoms with Crippen LogP contribution in [-0.4, -0.2) is 0 Å². The number of allylic oxidation sites excluding steroid dienone is 1. The van der Waals surface area contributed by atoms with Gasteiger partial charge in [-0.25, -0.2) is 6.08 Å². The van der Waals surface area contributed by atoms with E-state index in [0.29, 0.717) is 5.92 Å². The quantitative estimate of drug-likeness (QED) is 0.229. The first-order valence-electron chi connectivity index (χ1n) is 3.56. The van der Waals surface area contributed by atoms with Gasteiger partial charge in [0.05, 0.1) is 0 Å². The Hall–Kier alpha value is 1.13. The first-order valence-corrected chi connectivity index (χ1v) is 3.56. The zero-order valence-electron chi connectivity index (χ0n) is 7.22. The van der Waals surface area contributed by atoms with Gasteiger partial charge in [-0.3, -0.25) is 6.08 Å². The summed E-state index contributed by atoms with van der Waals surface area (Å²) in [4.78, 5) is 0. The third-order valence-electron chi connectivity index (χ3n) is 1.95. The number of rotatable bonds is 0. The van der Waals surface area contributed by atoms with E-state index in [9.17, 15) is 0 Å². The molecule has 0 fully saturated rings. The minimum absolute atomic E-state index is 0. The molecule has 0 heterocycles. The van der Waals surface area contributed by atoms with Crippen LogP contribution in [0.1, 0.15) is 24.0 Å². The maximum atomic E-state index is 3.26. The molecule has 2 rings (SSSR count). The fourth-order valence-electron chi connectivity index (χ4n) is 1.34. The van der Waals surface area contributed by atoms with Crippen LogP contribution in [0.3, 0.4) is 0 Å². The van der Waals surface area contributed by atoms with Gasteiger partial charge in [0, 0.05) is 0 Å². The summed E-state index contributed by atoms with van der Waals surface area (Å²) in [6.07, 6.45) is 5.33. The summed E-state index contributed by atoms with van der Waals surface area (Å²) in [7, 11) is 0. The van der Waals surface area contributed by atoms with Crippen molar-refractivity contribution >= 4 is 6.08 Å². The van der Waals surface area contributed by atoms with E-state index in [-0.39, 0.29) is 69.7 Å². The SMILES string of the molecule is CC1[C-]=Cc2ccccc21.[I-].[I-].[Ti+3]. The molecule has 1 aromatic carbocycles. The predicted octanol–water partition coefficient (Wildman–Crippen LogP) is -3.37. The second-order valence-electron chi connectivity index (χ2n) is 2.66. The van der Waals surface area contributed by atoms with Crippen molar-refractivity contribution in [2.24, 2.45) is 0 Å². The summed E-state index contributed by atoms with van der Waals surface area (Å²) in [5.74, 6) is 0.496. The van der Waals surface area contributed by atoms with Crippen molar-refractivity contribution < 1.29 is 69.7 Å². The van der Waals surface area contributed by atoms with Crippen LogP contribution in [0.5, 0.6) is 0 Å².